The predicted octanol–water partition coefficient (Wildman–Crippen LogP) is 5.40. The number of aromatic nitrogens is 1. The third-order valence-corrected chi connectivity index (χ3v) is 4.69. The summed E-state index contributed by atoms with van der Waals surface area (Å²) in [4.78, 5) is 16.4. The number of benzene rings is 2. The second-order valence-corrected chi connectivity index (χ2v) is 7.45. The molecule has 0 saturated heterocycles. The van der Waals surface area contributed by atoms with Crippen molar-refractivity contribution >= 4 is 17.5 Å². The lowest BCUT2D eigenvalue weighted by Gasteiger charge is -2.28. The number of nitrogens with zero attached hydrogens (tertiary/aromatic N) is 1. The summed E-state index contributed by atoms with van der Waals surface area (Å²) in [6.45, 7) is 3.51. The van der Waals surface area contributed by atoms with Crippen LogP contribution in [0, 0.1) is 17.5 Å². The van der Waals surface area contributed by atoms with Crippen LogP contribution in [0.4, 0.5) is 13.2 Å². The molecule has 0 radical (unpaired) electrons. The Labute approximate surface area is 170 Å². The van der Waals surface area contributed by atoms with Crippen molar-refractivity contribution in [3.8, 4) is 11.3 Å². The number of hydrogen-bond acceptors (Lipinski definition) is 3. The third kappa shape index (κ3) is 4.98. The third-order valence-electron chi connectivity index (χ3n) is 4.37. The fourth-order valence-corrected chi connectivity index (χ4v) is 3.34. The van der Waals surface area contributed by atoms with Crippen LogP contribution in [0.3, 0.4) is 0 Å². The molecule has 0 fully saturated rings. The zero-order chi connectivity index (χ0) is 21.2. The van der Waals surface area contributed by atoms with E-state index in [4.69, 9.17) is 16.0 Å². The van der Waals surface area contributed by atoms with Crippen LogP contribution in [0.5, 0.6) is 0 Å². The van der Waals surface area contributed by atoms with E-state index in [9.17, 15) is 18.0 Å². The van der Waals surface area contributed by atoms with E-state index < -0.39 is 23.0 Å². The molecule has 0 bridgehead atoms. The first kappa shape index (κ1) is 20.9. The Morgan fingerprint density at radius 1 is 1.14 bits per heavy atom. The number of carbonyl (C=O) groups is 1. The smallest absolute Gasteiger partial charge is 0.221 e. The van der Waals surface area contributed by atoms with Gasteiger partial charge in [0.2, 0.25) is 5.91 Å². The maximum absolute atomic E-state index is 13.8. The molecule has 0 unspecified atom stereocenters. The first-order valence-electron chi connectivity index (χ1n) is 8.82. The van der Waals surface area contributed by atoms with Gasteiger partial charge in [0.15, 0.2) is 11.7 Å². The summed E-state index contributed by atoms with van der Waals surface area (Å²) in [6.07, 6.45) is 1.57. The largest absolute Gasteiger partial charge is 0.441 e. The highest BCUT2D eigenvalue weighted by Crippen LogP contribution is 2.29. The van der Waals surface area contributed by atoms with Crippen LogP contribution in [0.1, 0.15) is 31.7 Å². The van der Waals surface area contributed by atoms with E-state index in [1.807, 2.05) is 0 Å². The minimum Gasteiger partial charge on any atom is -0.441 e. The molecule has 1 N–H and O–H groups in total. The van der Waals surface area contributed by atoms with Gasteiger partial charge in [-0.2, -0.15) is 0 Å². The quantitative estimate of drug-likeness (QED) is 0.579. The lowest BCUT2D eigenvalue weighted by molar-refractivity contribution is -0.122. The van der Waals surface area contributed by atoms with Crippen molar-refractivity contribution in [2.75, 3.05) is 0 Å². The summed E-state index contributed by atoms with van der Waals surface area (Å²) in [5.74, 6) is -1.80. The van der Waals surface area contributed by atoms with Crippen LogP contribution in [0.15, 0.2) is 47.0 Å². The van der Waals surface area contributed by atoms with Crippen molar-refractivity contribution in [1.82, 2.24) is 10.3 Å². The molecule has 0 atom stereocenters. The van der Waals surface area contributed by atoms with E-state index in [1.54, 1.807) is 13.8 Å². The Morgan fingerprint density at radius 2 is 1.83 bits per heavy atom. The van der Waals surface area contributed by atoms with Crippen molar-refractivity contribution in [1.29, 1.82) is 0 Å². The Hall–Kier alpha value is -2.80. The molecule has 0 saturated carbocycles. The Morgan fingerprint density at radius 3 is 2.52 bits per heavy atom. The molecule has 1 amide bonds. The summed E-state index contributed by atoms with van der Waals surface area (Å²) in [6, 6.07) is 7.13. The van der Waals surface area contributed by atoms with E-state index in [1.165, 1.54) is 30.5 Å². The van der Waals surface area contributed by atoms with E-state index in [0.29, 0.717) is 5.56 Å². The lowest BCUT2D eigenvalue weighted by atomic mass is 9.94. The van der Waals surface area contributed by atoms with Crippen LogP contribution in [-0.4, -0.2) is 10.9 Å². The molecule has 0 aliphatic carbocycles. The second-order valence-electron chi connectivity index (χ2n) is 7.04. The number of nitrogens with one attached hydrogen (secondary N) is 1. The van der Waals surface area contributed by atoms with Crippen molar-refractivity contribution in [3.05, 3.63) is 76.5 Å². The van der Waals surface area contributed by atoms with Crippen LogP contribution in [0.2, 0.25) is 5.02 Å². The highest BCUT2D eigenvalue weighted by Gasteiger charge is 2.25. The normalized spacial score (nSPS) is 11.5. The van der Waals surface area contributed by atoms with E-state index >= 15 is 0 Å². The minimum atomic E-state index is -0.819. The monoisotopic (exact) mass is 422 g/mol. The minimum absolute atomic E-state index is 0.0636. The lowest BCUT2D eigenvalue weighted by Crippen LogP contribution is -2.41. The van der Waals surface area contributed by atoms with Gasteiger partial charge in [0, 0.05) is 23.9 Å². The molecule has 3 rings (SSSR count). The van der Waals surface area contributed by atoms with Gasteiger partial charge in [-0.05, 0) is 43.7 Å². The number of amides is 1. The van der Waals surface area contributed by atoms with Gasteiger partial charge < -0.3 is 9.73 Å². The first-order valence-corrected chi connectivity index (χ1v) is 9.20. The van der Waals surface area contributed by atoms with E-state index in [-0.39, 0.29) is 41.0 Å². The van der Waals surface area contributed by atoms with Crippen molar-refractivity contribution in [2.45, 2.75) is 32.2 Å². The topological polar surface area (TPSA) is 55.1 Å². The van der Waals surface area contributed by atoms with Gasteiger partial charge in [-0.3, -0.25) is 4.79 Å². The molecule has 1 aromatic heterocycles. The summed E-state index contributed by atoms with van der Waals surface area (Å²) >= 11 is 6.08. The predicted molar refractivity (Wildman–Crippen MR) is 103 cm³/mol. The van der Waals surface area contributed by atoms with Gasteiger partial charge in [-0.25, -0.2) is 18.2 Å². The molecule has 2 aromatic carbocycles. The van der Waals surface area contributed by atoms with Gasteiger partial charge in [0.1, 0.15) is 17.5 Å². The number of carbonyl (C=O) groups excluding carboxylic acids is 1. The van der Waals surface area contributed by atoms with Gasteiger partial charge in [-0.1, -0.05) is 17.7 Å². The zero-order valence-electron chi connectivity index (χ0n) is 15.7. The Kier molecular flexibility index (Phi) is 5.98. The molecule has 4 nitrogen and oxygen atoms in total. The van der Waals surface area contributed by atoms with Gasteiger partial charge in [0.05, 0.1) is 17.3 Å². The maximum atomic E-state index is 13.8. The second kappa shape index (κ2) is 8.29. The van der Waals surface area contributed by atoms with Gasteiger partial charge in [-0.15, -0.1) is 0 Å². The number of aryl methyl sites for hydroxylation is 1. The number of hydrogen-bond donors (Lipinski definition) is 1. The number of oxazole rings is 1. The van der Waals surface area contributed by atoms with Gasteiger partial charge in [0.25, 0.3) is 0 Å². The molecule has 152 valence electrons. The fraction of sp³-hybridized carbons (Fsp3) is 0.238. The molecule has 0 spiro atoms. The van der Waals surface area contributed by atoms with Crippen molar-refractivity contribution < 1.29 is 22.4 Å². The van der Waals surface area contributed by atoms with Crippen LogP contribution < -0.4 is 5.32 Å². The summed E-state index contributed by atoms with van der Waals surface area (Å²) in [5.41, 5.74) is -0.151. The summed E-state index contributed by atoms with van der Waals surface area (Å²) < 4.78 is 45.6. The number of halogens is 4. The highest BCUT2D eigenvalue weighted by atomic mass is 35.5. The van der Waals surface area contributed by atoms with Crippen LogP contribution in [0.25, 0.3) is 11.3 Å². The van der Waals surface area contributed by atoms with E-state index in [0.717, 1.165) is 12.1 Å². The molecule has 29 heavy (non-hydrogen) atoms. The Balaban J connectivity index is 1.63. The zero-order valence-corrected chi connectivity index (χ0v) is 16.5. The molecule has 0 aliphatic rings. The number of rotatable bonds is 6. The summed E-state index contributed by atoms with van der Waals surface area (Å²) in [7, 11) is 0. The maximum Gasteiger partial charge on any atom is 0.221 e. The van der Waals surface area contributed by atoms with Crippen molar-refractivity contribution in [2.24, 2.45) is 0 Å². The average molecular weight is 423 g/mol. The Bertz CT molecular complexity index is 1050. The SMILES string of the molecule is CC(C)(NC(=O)CCc1ncc(-c2ccc(F)cc2F)o1)c1ccc(F)cc1Cl. The molecule has 3 aromatic rings. The first-order chi connectivity index (χ1) is 13.7. The molecule has 8 heteroatoms. The summed E-state index contributed by atoms with van der Waals surface area (Å²) in [5, 5.41) is 3.06. The highest BCUT2D eigenvalue weighted by molar-refractivity contribution is 6.31. The fourth-order valence-electron chi connectivity index (χ4n) is 2.93. The molecule has 0 aliphatic heterocycles. The van der Waals surface area contributed by atoms with Crippen molar-refractivity contribution in [3.63, 3.8) is 0 Å². The molecular weight excluding hydrogens is 405 g/mol. The van der Waals surface area contributed by atoms with Gasteiger partial charge >= 0.3 is 0 Å². The van der Waals surface area contributed by atoms with E-state index in [2.05, 4.69) is 10.3 Å². The standard InChI is InChI=1S/C21H18ClF3N2O2/c1-21(2,15-6-4-12(23)9-16(15)22)27-19(28)7-8-20-26-11-18(29-20)14-5-3-13(24)10-17(14)25/h3-6,9-11H,7-8H2,1-2H3,(H,27,28). The molecular formula is C21H18ClF3N2O2. The molecule has 1 heterocycles. The average Bonchev–Trinajstić information content (AvgIpc) is 3.08. The van der Waals surface area contributed by atoms with Crippen LogP contribution >= 0.6 is 11.6 Å². The van der Waals surface area contributed by atoms with Crippen LogP contribution in [-0.2, 0) is 16.8 Å².